The Hall–Kier alpha value is -1.84. The van der Waals surface area contributed by atoms with E-state index in [1.54, 1.807) is 24.3 Å². The van der Waals surface area contributed by atoms with Gasteiger partial charge in [0.25, 0.3) is 0 Å². The molecule has 23 heavy (non-hydrogen) atoms. The van der Waals surface area contributed by atoms with Crippen LogP contribution in [-0.4, -0.2) is 34.2 Å². The second-order valence-electron chi connectivity index (χ2n) is 6.32. The first kappa shape index (κ1) is 17.5. The van der Waals surface area contributed by atoms with E-state index in [9.17, 15) is 10.2 Å². The van der Waals surface area contributed by atoms with Crippen LogP contribution in [0.25, 0.3) is 0 Å². The summed E-state index contributed by atoms with van der Waals surface area (Å²) in [4.78, 5) is 2.22. The summed E-state index contributed by atoms with van der Waals surface area (Å²) in [5.74, 6) is 0.221. The lowest BCUT2D eigenvalue weighted by molar-refractivity contribution is 0.0512. The number of benzene rings is 2. The quantitative estimate of drug-likeness (QED) is 0.818. The molecule has 2 rings (SSSR count). The lowest BCUT2D eigenvalue weighted by atomic mass is 9.99. The maximum Gasteiger partial charge on any atom is 0.115 e. The number of rotatable bonds is 7. The van der Waals surface area contributed by atoms with Crippen LogP contribution in [0.1, 0.15) is 37.5 Å². The molecule has 0 aliphatic carbocycles. The first-order valence-corrected chi connectivity index (χ1v) is 8.22. The minimum absolute atomic E-state index is 0.00492. The Labute approximate surface area is 139 Å². The molecule has 0 heterocycles. The maximum absolute atomic E-state index is 10.6. The smallest absolute Gasteiger partial charge is 0.115 e. The molecule has 0 amide bonds. The topological polar surface area (TPSA) is 43.7 Å². The van der Waals surface area contributed by atoms with Gasteiger partial charge in [0.15, 0.2) is 0 Å². The summed E-state index contributed by atoms with van der Waals surface area (Å²) < 4.78 is 0. The van der Waals surface area contributed by atoms with Crippen LogP contribution in [0.4, 0.5) is 0 Å². The third-order valence-corrected chi connectivity index (χ3v) is 4.72. The summed E-state index contributed by atoms with van der Waals surface area (Å²) in [5.41, 5.74) is 2.18. The summed E-state index contributed by atoms with van der Waals surface area (Å²) in [7, 11) is 2.06. The molecule has 0 aliphatic heterocycles. The van der Waals surface area contributed by atoms with Crippen molar-refractivity contribution in [3.05, 3.63) is 65.7 Å². The Morgan fingerprint density at radius 1 is 0.957 bits per heavy atom. The number of hydrogen-bond donors (Lipinski definition) is 2. The SMILES string of the molecule is CC(CCc1ccccc1)N(C)C(C)C(O)c1ccc(O)cc1. The average molecular weight is 313 g/mol. The Bertz CT molecular complexity index is 582. The van der Waals surface area contributed by atoms with Crippen molar-refractivity contribution >= 4 is 0 Å². The van der Waals surface area contributed by atoms with Crippen molar-refractivity contribution in [3.8, 4) is 5.75 Å². The number of nitrogens with zero attached hydrogens (tertiary/aromatic N) is 1. The van der Waals surface area contributed by atoms with Crippen LogP contribution in [0.15, 0.2) is 54.6 Å². The van der Waals surface area contributed by atoms with Crippen molar-refractivity contribution in [1.82, 2.24) is 4.90 Å². The molecule has 0 fully saturated rings. The summed E-state index contributed by atoms with van der Waals surface area (Å²) in [5, 5.41) is 19.9. The van der Waals surface area contributed by atoms with Gasteiger partial charge in [-0.2, -0.15) is 0 Å². The van der Waals surface area contributed by atoms with Gasteiger partial charge in [-0.25, -0.2) is 0 Å². The number of aliphatic hydroxyl groups excluding tert-OH is 1. The van der Waals surface area contributed by atoms with E-state index in [0.717, 1.165) is 18.4 Å². The third-order valence-electron chi connectivity index (χ3n) is 4.72. The van der Waals surface area contributed by atoms with Crippen molar-refractivity contribution in [2.75, 3.05) is 7.05 Å². The molecule has 0 bridgehead atoms. The number of aromatic hydroxyl groups is 1. The summed E-state index contributed by atoms with van der Waals surface area (Å²) >= 11 is 0. The Kier molecular flexibility index (Phi) is 6.20. The highest BCUT2D eigenvalue weighted by Gasteiger charge is 2.23. The largest absolute Gasteiger partial charge is 0.508 e. The van der Waals surface area contributed by atoms with Crippen molar-refractivity contribution in [3.63, 3.8) is 0 Å². The molecule has 3 unspecified atom stereocenters. The maximum atomic E-state index is 10.6. The molecule has 0 radical (unpaired) electrons. The van der Waals surface area contributed by atoms with E-state index in [1.165, 1.54) is 5.56 Å². The molecule has 3 heteroatoms. The predicted octanol–water partition coefficient (Wildman–Crippen LogP) is 3.77. The number of hydrogen-bond acceptors (Lipinski definition) is 3. The van der Waals surface area contributed by atoms with Gasteiger partial charge in [-0.15, -0.1) is 0 Å². The Morgan fingerprint density at radius 2 is 1.57 bits per heavy atom. The lowest BCUT2D eigenvalue weighted by Crippen LogP contribution is -2.40. The minimum atomic E-state index is -0.570. The highest BCUT2D eigenvalue weighted by atomic mass is 16.3. The fraction of sp³-hybridized carbons (Fsp3) is 0.400. The van der Waals surface area contributed by atoms with E-state index < -0.39 is 6.10 Å². The number of aryl methyl sites for hydroxylation is 1. The molecule has 3 nitrogen and oxygen atoms in total. The van der Waals surface area contributed by atoms with Gasteiger partial charge >= 0.3 is 0 Å². The normalized spacial score (nSPS) is 15.3. The van der Waals surface area contributed by atoms with Crippen LogP contribution in [0.2, 0.25) is 0 Å². The Balaban J connectivity index is 1.92. The predicted molar refractivity (Wildman–Crippen MR) is 94.5 cm³/mol. The summed E-state index contributed by atoms with van der Waals surface area (Å²) in [6, 6.07) is 17.6. The lowest BCUT2D eigenvalue weighted by Gasteiger charge is -2.34. The molecule has 0 saturated carbocycles. The zero-order valence-electron chi connectivity index (χ0n) is 14.2. The van der Waals surface area contributed by atoms with Crippen molar-refractivity contribution in [1.29, 1.82) is 0 Å². The fourth-order valence-corrected chi connectivity index (χ4v) is 2.80. The molecular weight excluding hydrogens is 286 g/mol. The van der Waals surface area contributed by atoms with Crippen LogP contribution in [0.3, 0.4) is 0 Å². The van der Waals surface area contributed by atoms with Gasteiger partial charge < -0.3 is 10.2 Å². The van der Waals surface area contributed by atoms with Crippen LogP contribution in [-0.2, 0) is 6.42 Å². The number of likely N-dealkylation sites (N-methyl/N-ethyl adjacent to an activating group) is 1. The van der Waals surface area contributed by atoms with E-state index in [0.29, 0.717) is 6.04 Å². The van der Waals surface area contributed by atoms with Crippen LogP contribution in [0, 0.1) is 0 Å². The highest BCUT2D eigenvalue weighted by Crippen LogP contribution is 2.24. The minimum Gasteiger partial charge on any atom is -0.508 e. The number of aliphatic hydroxyl groups is 1. The number of phenols is 1. The first-order chi connectivity index (χ1) is 11.0. The van der Waals surface area contributed by atoms with Gasteiger partial charge in [0, 0.05) is 12.1 Å². The summed E-state index contributed by atoms with van der Waals surface area (Å²) in [6.07, 6.45) is 1.52. The molecule has 2 aromatic rings. The zero-order chi connectivity index (χ0) is 16.8. The van der Waals surface area contributed by atoms with Gasteiger partial charge in [0.05, 0.1) is 6.10 Å². The highest BCUT2D eigenvalue weighted by molar-refractivity contribution is 5.28. The van der Waals surface area contributed by atoms with Crippen LogP contribution < -0.4 is 0 Å². The molecular formula is C20H27NO2. The standard InChI is InChI=1S/C20H27NO2/c1-15(9-10-17-7-5-4-6-8-17)21(3)16(2)20(23)18-11-13-19(22)14-12-18/h4-8,11-16,20,22-23H,9-10H2,1-3H3. The van der Waals surface area contributed by atoms with E-state index in [4.69, 9.17) is 0 Å². The molecule has 2 aromatic carbocycles. The Morgan fingerprint density at radius 3 is 2.17 bits per heavy atom. The van der Waals surface area contributed by atoms with Gasteiger partial charge in [0.1, 0.15) is 5.75 Å². The van der Waals surface area contributed by atoms with Gasteiger partial charge in [-0.05, 0) is 57.0 Å². The van der Waals surface area contributed by atoms with E-state index >= 15 is 0 Å². The molecule has 2 N–H and O–H groups in total. The molecule has 0 spiro atoms. The van der Waals surface area contributed by atoms with Crippen molar-refractivity contribution < 1.29 is 10.2 Å². The third kappa shape index (κ3) is 4.81. The number of phenolic OH excluding ortho intramolecular Hbond substituents is 1. The fourth-order valence-electron chi connectivity index (χ4n) is 2.80. The van der Waals surface area contributed by atoms with Crippen molar-refractivity contribution in [2.24, 2.45) is 0 Å². The van der Waals surface area contributed by atoms with Crippen LogP contribution in [0.5, 0.6) is 5.75 Å². The van der Waals surface area contributed by atoms with Gasteiger partial charge in [0.2, 0.25) is 0 Å². The molecule has 0 aliphatic rings. The second kappa shape index (κ2) is 8.14. The van der Waals surface area contributed by atoms with Crippen molar-refractivity contribution in [2.45, 2.75) is 44.9 Å². The molecule has 3 atom stereocenters. The van der Waals surface area contributed by atoms with Crippen LogP contribution >= 0.6 is 0 Å². The van der Waals surface area contributed by atoms with Gasteiger partial charge in [-0.1, -0.05) is 42.5 Å². The summed E-state index contributed by atoms with van der Waals surface area (Å²) in [6.45, 7) is 4.24. The van der Waals surface area contributed by atoms with E-state index in [-0.39, 0.29) is 11.8 Å². The first-order valence-electron chi connectivity index (χ1n) is 8.22. The molecule has 124 valence electrons. The van der Waals surface area contributed by atoms with E-state index in [2.05, 4.69) is 43.1 Å². The van der Waals surface area contributed by atoms with Gasteiger partial charge in [-0.3, -0.25) is 4.90 Å². The monoisotopic (exact) mass is 313 g/mol. The van der Waals surface area contributed by atoms with E-state index in [1.807, 2.05) is 13.0 Å². The second-order valence-corrected chi connectivity index (χ2v) is 6.32. The average Bonchev–Trinajstić information content (AvgIpc) is 2.59. The molecule has 0 saturated heterocycles. The zero-order valence-corrected chi connectivity index (χ0v) is 14.2. The molecule has 0 aromatic heterocycles.